The van der Waals surface area contributed by atoms with E-state index in [1.807, 2.05) is 49.9 Å². The van der Waals surface area contributed by atoms with E-state index in [1.165, 1.54) is 53.0 Å². The first-order chi connectivity index (χ1) is 25.7. The van der Waals surface area contributed by atoms with E-state index in [-0.39, 0.29) is 48.8 Å². The van der Waals surface area contributed by atoms with Gasteiger partial charge >= 0.3 is 32.5 Å². The highest BCUT2D eigenvalue weighted by molar-refractivity contribution is 7.87. The number of piperidine rings is 1. The van der Waals surface area contributed by atoms with Crippen molar-refractivity contribution in [2.45, 2.75) is 84.8 Å². The first-order valence-corrected chi connectivity index (χ1v) is 21.1. The van der Waals surface area contributed by atoms with E-state index in [9.17, 15) is 26.4 Å². The van der Waals surface area contributed by atoms with E-state index in [0.717, 1.165) is 40.5 Å². The van der Waals surface area contributed by atoms with Crippen molar-refractivity contribution >= 4 is 32.5 Å². The lowest BCUT2D eigenvalue weighted by Gasteiger charge is -2.39. The zero-order valence-corrected chi connectivity index (χ0v) is 34.7. The summed E-state index contributed by atoms with van der Waals surface area (Å²) in [6.45, 7) is 10.4. The molecule has 0 radical (unpaired) electrons. The Hall–Kier alpha value is -3.88. The molecule has 304 valence electrons. The van der Waals surface area contributed by atoms with Crippen LogP contribution in [0.1, 0.15) is 69.7 Å². The van der Waals surface area contributed by atoms with Crippen LogP contribution < -0.4 is 0 Å². The summed E-state index contributed by atoms with van der Waals surface area (Å²) in [5, 5.41) is 0. The zero-order chi connectivity index (χ0) is 40.3. The number of ether oxygens (including phenoxy) is 2. The Bertz CT molecular complexity index is 1940. The summed E-state index contributed by atoms with van der Waals surface area (Å²) in [6, 6.07) is 7.53. The molecule has 2 aromatic heterocycles. The number of carbonyl (C=O) groups is 2. The highest BCUT2D eigenvalue weighted by Gasteiger charge is 2.49. The van der Waals surface area contributed by atoms with Crippen molar-refractivity contribution in [1.29, 1.82) is 0 Å². The van der Waals surface area contributed by atoms with Crippen molar-refractivity contribution in [3.63, 3.8) is 0 Å². The Morgan fingerprint density at radius 2 is 1.35 bits per heavy atom. The molecule has 1 spiro atoms. The molecular formula is C36H55N9O8S2. The van der Waals surface area contributed by atoms with Crippen LogP contribution in [-0.2, 0) is 60.9 Å². The number of amides is 1. The number of likely N-dealkylation sites (tertiary alicyclic amines) is 2. The van der Waals surface area contributed by atoms with Crippen molar-refractivity contribution < 1.29 is 35.9 Å². The fourth-order valence-corrected chi connectivity index (χ4v) is 8.95. The smallest absolute Gasteiger partial charge is 0.410 e. The van der Waals surface area contributed by atoms with Gasteiger partial charge in [-0.1, -0.05) is 24.3 Å². The van der Waals surface area contributed by atoms with Crippen LogP contribution in [-0.4, -0.2) is 136 Å². The molecule has 55 heavy (non-hydrogen) atoms. The van der Waals surface area contributed by atoms with Crippen LogP contribution >= 0.6 is 0 Å². The Morgan fingerprint density at radius 1 is 0.836 bits per heavy atom. The van der Waals surface area contributed by atoms with Gasteiger partial charge in [0.05, 0.1) is 19.7 Å². The van der Waals surface area contributed by atoms with E-state index in [2.05, 4.69) is 14.9 Å². The lowest BCUT2D eigenvalue weighted by molar-refractivity contribution is -0.148. The minimum Gasteiger partial charge on any atom is -0.465 e. The highest BCUT2D eigenvalue weighted by atomic mass is 32.2. The van der Waals surface area contributed by atoms with Crippen molar-refractivity contribution in [2.24, 2.45) is 5.41 Å². The van der Waals surface area contributed by atoms with Gasteiger partial charge in [0.15, 0.2) is 0 Å². The van der Waals surface area contributed by atoms with E-state index in [1.54, 1.807) is 11.8 Å². The van der Waals surface area contributed by atoms with Crippen LogP contribution in [0, 0.1) is 5.41 Å². The molecule has 19 heteroatoms. The number of rotatable bonds is 14. The topological polar surface area (TPSA) is 173 Å². The van der Waals surface area contributed by atoms with Gasteiger partial charge in [-0.2, -0.15) is 25.4 Å². The van der Waals surface area contributed by atoms with Gasteiger partial charge in [-0.05, 0) is 63.5 Å². The second kappa shape index (κ2) is 16.7. The summed E-state index contributed by atoms with van der Waals surface area (Å²) in [7, 11) is -1.98. The minimum absolute atomic E-state index is 0.0686. The number of esters is 1. The summed E-state index contributed by atoms with van der Waals surface area (Å²) in [6.07, 6.45) is 7.45. The van der Waals surface area contributed by atoms with Crippen molar-refractivity contribution in [1.82, 2.24) is 41.2 Å². The maximum absolute atomic E-state index is 13.2. The standard InChI is InChI=1S/C36H55N9O8S2/c1-9-52-33(46)30-22-36(14-18-42(19-15-36)34(47)53-35(2,3)4)27-43(30)24-29-12-10-28(11-13-29)23-41(25-31-37-16-20-44(31)54(48,49)39(5)6)26-32-38-17-21-45(32)55(50,51)40(7)8/h10-13,16-17,20-21,30H,9,14-15,18-19,22-27H2,1-8H3/t30-/m1/s1. The molecule has 3 aromatic rings. The first kappa shape index (κ1) is 42.3. The number of hydrogen-bond acceptors (Lipinski definition) is 12. The number of hydrogen-bond donors (Lipinski definition) is 0. The zero-order valence-electron chi connectivity index (χ0n) is 33.1. The summed E-state index contributed by atoms with van der Waals surface area (Å²) < 4.78 is 67.8. The molecule has 1 atom stereocenters. The van der Waals surface area contributed by atoms with Gasteiger partial charge in [0.2, 0.25) is 0 Å². The fourth-order valence-electron chi connectivity index (χ4n) is 7.08. The first-order valence-electron chi connectivity index (χ1n) is 18.3. The predicted molar refractivity (Wildman–Crippen MR) is 205 cm³/mol. The minimum atomic E-state index is -3.87. The van der Waals surface area contributed by atoms with E-state index < -0.39 is 32.1 Å². The van der Waals surface area contributed by atoms with Gasteiger partial charge in [-0.15, -0.1) is 0 Å². The number of imidazole rings is 2. The monoisotopic (exact) mass is 805 g/mol. The van der Waals surface area contributed by atoms with Gasteiger partial charge < -0.3 is 14.4 Å². The summed E-state index contributed by atoms with van der Waals surface area (Å²) in [4.78, 5) is 40.5. The van der Waals surface area contributed by atoms with Crippen LogP contribution in [0.3, 0.4) is 0 Å². The van der Waals surface area contributed by atoms with Crippen LogP contribution in [0.4, 0.5) is 4.79 Å². The highest BCUT2D eigenvalue weighted by Crippen LogP contribution is 2.44. The molecule has 17 nitrogen and oxygen atoms in total. The SMILES string of the molecule is CCOC(=O)[C@H]1CC2(CCN(C(=O)OC(C)(C)C)CC2)CN1Cc1ccc(CN(Cc2nccn2S(=O)(=O)N(C)C)Cc2nccn2S(=O)(=O)N(C)C)cc1. The molecule has 2 aliphatic heterocycles. The second-order valence-electron chi connectivity index (χ2n) is 15.7. The van der Waals surface area contributed by atoms with Gasteiger partial charge in [-0.25, -0.2) is 22.7 Å². The quantitative estimate of drug-likeness (QED) is 0.219. The van der Waals surface area contributed by atoms with Crippen molar-refractivity contribution in [3.8, 4) is 0 Å². The lowest BCUT2D eigenvalue weighted by atomic mass is 9.76. The molecule has 0 aliphatic carbocycles. The van der Waals surface area contributed by atoms with Gasteiger partial charge in [0.25, 0.3) is 0 Å². The second-order valence-corrected chi connectivity index (χ2v) is 19.7. The molecule has 0 bridgehead atoms. The van der Waals surface area contributed by atoms with Crippen molar-refractivity contribution in [3.05, 3.63) is 71.8 Å². The van der Waals surface area contributed by atoms with E-state index in [0.29, 0.717) is 39.1 Å². The molecular weight excluding hydrogens is 751 g/mol. The molecule has 0 unspecified atom stereocenters. The molecule has 1 aromatic carbocycles. The third-order valence-corrected chi connectivity index (χ3v) is 13.5. The molecule has 0 N–H and O–H groups in total. The molecule has 2 saturated heterocycles. The summed E-state index contributed by atoms with van der Waals surface area (Å²) >= 11 is 0. The van der Waals surface area contributed by atoms with Crippen LogP contribution in [0.15, 0.2) is 49.1 Å². The largest absolute Gasteiger partial charge is 0.465 e. The maximum Gasteiger partial charge on any atom is 0.410 e. The molecule has 4 heterocycles. The fraction of sp³-hybridized carbons (Fsp3) is 0.611. The van der Waals surface area contributed by atoms with Crippen molar-refractivity contribution in [2.75, 3.05) is 54.4 Å². The normalized spacial score (nSPS) is 18.2. The Kier molecular flexibility index (Phi) is 12.8. The van der Waals surface area contributed by atoms with Crippen LogP contribution in [0.5, 0.6) is 0 Å². The Labute approximate surface area is 325 Å². The number of benzene rings is 1. The average molecular weight is 806 g/mol. The molecule has 2 fully saturated rings. The lowest BCUT2D eigenvalue weighted by Crippen LogP contribution is -2.46. The number of nitrogens with zero attached hydrogens (tertiary/aromatic N) is 9. The van der Waals surface area contributed by atoms with Crippen LogP contribution in [0.2, 0.25) is 0 Å². The Balaban J connectivity index is 1.34. The third kappa shape index (κ3) is 9.93. The average Bonchev–Trinajstić information content (AvgIpc) is 3.85. The van der Waals surface area contributed by atoms with Gasteiger partial charge in [0.1, 0.15) is 23.3 Å². The molecule has 1 amide bonds. The predicted octanol–water partition coefficient (Wildman–Crippen LogP) is 2.75. The van der Waals surface area contributed by atoms with Crippen LogP contribution in [0.25, 0.3) is 0 Å². The number of carbonyl (C=O) groups excluding carboxylic acids is 2. The number of aromatic nitrogens is 4. The van der Waals surface area contributed by atoms with Gasteiger partial charge in [0, 0.05) is 85.7 Å². The maximum atomic E-state index is 13.2. The van der Waals surface area contributed by atoms with Gasteiger partial charge in [-0.3, -0.25) is 14.6 Å². The summed E-state index contributed by atoms with van der Waals surface area (Å²) in [5.41, 5.74) is 1.18. The Morgan fingerprint density at radius 3 is 1.82 bits per heavy atom. The third-order valence-electron chi connectivity index (χ3n) is 9.97. The summed E-state index contributed by atoms with van der Waals surface area (Å²) in [5.74, 6) is 0.262. The van der Waals surface area contributed by atoms with E-state index in [4.69, 9.17) is 9.47 Å². The molecule has 2 aliphatic rings. The molecule has 5 rings (SSSR count). The van der Waals surface area contributed by atoms with E-state index >= 15 is 0 Å². The molecule has 0 saturated carbocycles.